The Bertz CT molecular complexity index is 896. The van der Waals surface area contributed by atoms with Crippen molar-refractivity contribution in [1.29, 1.82) is 0 Å². The number of ether oxygens (including phenoxy) is 1. The normalized spacial score (nSPS) is 10.3. The minimum atomic E-state index is -0.706. The molecule has 0 aliphatic rings. The van der Waals surface area contributed by atoms with Crippen LogP contribution in [0.1, 0.15) is 10.5 Å². The highest BCUT2D eigenvalue weighted by molar-refractivity contribution is 7.13. The molecule has 2 aromatic carbocycles. The molecule has 0 fully saturated rings. The van der Waals surface area contributed by atoms with Gasteiger partial charge in [0.2, 0.25) is 0 Å². The number of amides is 1. The van der Waals surface area contributed by atoms with Gasteiger partial charge in [0, 0.05) is 10.9 Å². The van der Waals surface area contributed by atoms with Gasteiger partial charge >= 0.3 is 5.97 Å². The first kappa shape index (κ1) is 16.8. The van der Waals surface area contributed by atoms with E-state index < -0.39 is 24.3 Å². The fourth-order valence-electron chi connectivity index (χ4n) is 2.03. The van der Waals surface area contributed by atoms with Crippen LogP contribution in [-0.2, 0) is 9.53 Å². The van der Waals surface area contributed by atoms with Gasteiger partial charge in [-0.15, -0.1) is 11.3 Å². The number of esters is 1. The van der Waals surface area contributed by atoms with E-state index in [0.717, 1.165) is 5.56 Å². The zero-order valence-electron chi connectivity index (χ0n) is 12.9. The monoisotopic (exact) mass is 356 g/mol. The summed E-state index contributed by atoms with van der Waals surface area (Å²) < 4.78 is 18.4. The quantitative estimate of drug-likeness (QED) is 0.707. The summed E-state index contributed by atoms with van der Waals surface area (Å²) in [5, 5.41) is 4.59. The predicted octanol–water partition coefficient (Wildman–Crippen LogP) is 3.74. The first-order valence-electron chi connectivity index (χ1n) is 7.36. The minimum Gasteiger partial charge on any atom is -0.451 e. The first-order valence-corrected chi connectivity index (χ1v) is 8.24. The average molecular weight is 356 g/mol. The van der Waals surface area contributed by atoms with Crippen molar-refractivity contribution in [1.82, 2.24) is 4.98 Å². The number of anilines is 1. The Balaban J connectivity index is 1.57. The molecule has 1 amide bonds. The highest BCUT2D eigenvalue weighted by Gasteiger charge is 2.15. The molecule has 1 aromatic heterocycles. The number of rotatable bonds is 5. The molecule has 3 rings (SSSR count). The maximum atomic E-state index is 13.4. The third-order valence-electron chi connectivity index (χ3n) is 3.22. The summed E-state index contributed by atoms with van der Waals surface area (Å²) in [6, 6.07) is 15.2. The van der Waals surface area contributed by atoms with Gasteiger partial charge in [-0.25, -0.2) is 14.2 Å². The Kier molecular flexibility index (Phi) is 5.15. The topological polar surface area (TPSA) is 68.3 Å². The second kappa shape index (κ2) is 7.67. The lowest BCUT2D eigenvalue weighted by Gasteiger charge is -2.06. The van der Waals surface area contributed by atoms with Crippen molar-refractivity contribution in [2.75, 3.05) is 11.9 Å². The van der Waals surface area contributed by atoms with E-state index in [0.29, 0.717) is 5.01 Å². The van der Waals surface area contributed by atoms with Crippen LogP contribution in [0.2, 0.25) is 0 Å². The maximum Gasteiger partial charge on any atom is 0.358 e. The van der Waals surface area contributed by atoms with Crippen LogP contribution in [0, 0.1) is 5.82 Å². The Morgan fingerprint density at radius 2 is 1.80 bits per heavy atom. The third-order valence-corrected chi connectivity index (χ3v) is 4.11. The second-order valence-electron chi connectivity index (χ2n) is 5.01. The van der Waals surface area contributed by atoms with Crippen LogP contribution in [0.15, 0.2) is 60.0 Å². The van der Waals surface area contributed by atoms with Crippen LogP contribution < -0.4 is 5.32 Å². The number of hydrogen-bond acceptors (Lipinski definition) is 5. The standard InChI is InChI=1S/C18H13FN2O3S/c19-13-8-4-5-9-14(13)20-16(22)10-24-18(23)15-11-25-17(21-15)12-6-2-1-3-7-12/h1-9,11H,10H2,(H,20,22). The molecule has 0 aliphatic heterocycles. The van der Waals surface area contributed by atoms with Crippen LogP contribution >= 0.6 is 11.3 Å². The molecule has 1 heterocycles. The number of hydrogen-bond donors (Lipinski definition) is 1. The maximum absolute atomic E-state index is 13.4. The van der Waals surface area contributed by atoms with Gasteiger partial charge in [0.05, 0.1) is 5.69 Å². The predicted molar refractivity (Wildman–Crippen MR) is 92.9 cm³/mol. The fraction of sp³-hybridized carbons (Fsp3) is 0.0556. The second-order valence-corrected chi connectivity index (χ2v) is 5.87. The van der Waals surface area contributed by atoms with E-state index in [1.165, 1.54) is 29.5 Å². The number of nitrogens with zero attached hydrogens (tertiary/aromatic N) is 1. The van der Waals surface area contributed by atoms with E-state index in [1.807, 2.05) is 30.3 Å². The van der Waals surface area contributed by atoms with Crippen molar-refractivity contribution in [3.8, 4) is 10.6 Å². The molecule has 7 heteroatoms. The van der Waals surface area contributed by atoms with Crippen molar-refractivity contribution in [2.24, 2.45) is 0 Å². The minimum absolute atomic E-state index is 0.0311. The van der Waals surface area contributed by atoms with Crippen molar-refractivity contribution in [2.45, 2.75) is 0 Å². The highest BCUT2D eigenvalue weighted by Crippen LogP contribution is 2.23. The molecule has 0 unspecified atom stereocenters. The van der Waals surface area contributed by atoms with Crippen LogP contribution in [0.5, 0.6) is 0 Å². The number of thiazole rings is 1. The SMILES string of the molecule is O=C(COC(=O)c1csc(-c2ccccc2)n1)Nc1ccccc1F. The van der Waals surface area contributed by atoms with Gasteiger partial charge in [-0.3, -0.25) is 4.79 Å². The molecule has 126 valence electrons. The average Bonchev–Trinajstić information content (AvgIpc) is 3.13. The number of benzene rings is 2. The van der Waals surface area contributed by atoms with Crippen molar-refractivity contribution < 1.29 is 18.7 Å². The van der Waals surface area contributed by atoms with Crippen molar-refractivity contribution in [3.63, 3.8) is 0 Å². The summed E-state index contributed by atoms with van der Waals surface area (Å²) in [7, 11) is 0. The van der Waals surface area contributed by atoms with Crippen LogP contribution in [-0.4, -0.2) is 23.5 Å². The van der Waals surface area contributed by atoms with E-state index in [1.54, 1.807) is 11.4 Å². The first-order chi connectivity index (χ1) is 12.1. The largest absolute Gasteiger partial charge is 0.451 e. The van der Waals surface area contributed by atoms with Crippen molar-refractivity contribution >= 4 is 28.9 Å². The lowest BCUT2D eigenvalue weighted by Crippen LogP contribution is -2.21. The van der Waals surface area contributed by atoms with Gasteiger partial charge in [0.15, 0.2) is 12.3 Å². The van der Waals surface area contributed by atoms with Gasteiger partial charge in [-0.1, -0.05) is 42.5 Å². The zero-order chi connectivity index (χ0) is 17.6. The summed E-state index contributed by atoms with van der Waals surface area (Å²) in [5.41, 5.74) is 1.05. The number of carbonyl (C=O) groups is 2. The highest BCUT2D eigenvalue weighted by atomic mass is 32.1. The molecule has 0 radical (unpaired) electrons. The Morgan fingerprint density at radius 3 is 2.56 bits per heavy atom. The molecule has 5 nitrogen and oxygen atoms in total. The van der Waals surface area contributed by atoms with E-state index in [-0.39, 0.29) is 11.4 Å². The summed E-state index contributed by atoms with van der Waals surface area (Å²) in [5.74, 6) is -1.90. The van der Waals surface area contributed by atoms with Crippen molar-refractivity contribution in [3.05, 3.63) is 71.5 Å². The van der Waals surface area contributed by atoms with E-state index >= 15 is 0 Å². The molecule has 0 saturated heterocycles. The zero-order valence-corrected chi connectivity index (χ0v) is 13.8. The van der Waals surface area contributed by atoms with Gasteiger partial charge in [-0.2, -0.15) is 0 Å². The molecule has 0 spiro atoms. The Morgan fingerprint density at radius 1 is 1.08 bits per heavy atom. The molecule has 0 atom stereocenters. The van der Waals surface area contributed by atoms with E-state index in [4.69, 9.17) is 4.74 Å². The van der Waals surface area contributed by atoms with Gasteiger partial charge in [0.1, 0.15) is 10.8 Å². The summed E-state index contributed by atoms with van der Waals surface area (Å²) in [6.45, 7) is -0.522. The van der Waals surface area contributed by atoms with E-state index in [9.17, 15) is 14.0 Å². The molecule has 0 saturated carbocycles. The number of nitrogens with one attached hydrogen (secondary N) is 1. The van der Waals surface area contributed by atoms with Crippen LogP contribution in [0.3, 0.4) is 0 Å². The fourth-order valence-corrected chi connectivity index (χ4v) is 2.83. The smallest absolute Gasteiger partial charge is 0.358 e. The molecular formula is C18H13FN2O3S. The van der Waals surface area contributed by atoms with Gasteiger partial charge in [0.25, 0.3) is 5.91 Å². The summed E-state index contributed by atoms with van der Waals surface area (Å²) >= 11 is 1.31. The Labute approximate surface area is 147 Å². The molecule has 3 aromatic rings. The number of aromatic nitrogens is 1. The molecule has 0 bridgehead atoms. The van der Waals surface area contributed by atoms with E-state index in [2.05, 4.69) is 10.3 Å². The summed E-state index contributed by atoms with van der Waals surface area (Å²) in [4.78, 5) is 27.9. The third kappa shape index (κ3) is 4.27. The van der Waals surface area contributed by atoms with Gasteiger partial charge in [-0.05, 0) is 12.1 Å². The molecule has 0 aliphatic carbocycles. The molecular weight excluding hydrogens is 343 g/mol. The number of para-hydroxylation sites is 1. The van der Waals surface area contributed by atoms with Crippen LogP contribution in [0.25, 0.3) is 10.6 Å². The molecule has 1 N–H and O–H groups in total. The molecule has 25 heavy (non-hydrogen) atoms. The van der Waals surface area contributed by atoms with Crippen LogP contribution in [0.4, 0.5) is 10.1 Å². The number of carbonyl (C=O) groups excluding carboxylic acids is 2. The lowest BCUT2D eigenvalue weighted by atomic mass is 10.2. The number of halogens is 1. The van der Waals surface area contributed by atoms with Gasteiger partial charge < -0.3 is 10.1 Å². The lowest BCUT2D eigenvalue weighted by molar-refractivity contribution is -0.119. The summed E-state index contributed by atoms with van der Waals surface area (Å²) in [6.07, 6.45) is 0. The Hall–Kier alpha value is -3.06.